The van der Waals surface area contributed by atoms with Crippen LogP contribution in [0, 0.1) is 13.8 Å². The number of nitrogens with zero attached hydrogens (tertiary/aromatic N) is 1. The highest BCUT2D eigenvalue weighted by atomic mass is 32.1. The number of fused-ring (bicyclic) bond motifs is 1. The van der Waals surface area contributed by atoms with Crippen molar-refractivity contribution >= 4 is 46.1 Å². The number of benzene rings is 3. The average Bonchev–Trinajstić information content (AvgIpc) is 3.17. The number of rotatable bonds is 5. The Labute approximate surface area is 192 Å². The van der Waals surface area contributed by atoms with Crippen LogP contribution in [0.4, 0.5) is 5.69 Å². The number of carbonyl (C=O) groups excluding carboxylic acids is 1. The van der Waals surface area contributed by atoms with E-state index in [1.54, 1.807) is 6.08 Å². The molecule has 1 amide bonds. The molecule has 4 rings (SSSR count). The summed E-state index contributed by atoms with van der Waals surface area (Å²) in [6.45, 7) is 4.09. The van der Waals surface area contributed by atoms with Crippen molar-refractivity contribution in [1.29, 1.82) is 0 Å². The molecule has 0 spiro atoms. The Morgan fingerprint density at radius 2 is 1.81 bits per heavy atom. The monoisotopic (exact) mass is 441 g/mol. The molecule has 0 fully saturated rings. The Hall–Kier alpha value is -3.77. The fraction of sp³-hybridized carbons (Fsp3) is 0.115. The van der Waals surface area contributed by atoms with Gasteiger partial charge in [0, 0.05) is 18.2 Å². The lowest BCUT2D eigenvalue weighted by Gasteiger charge is -2.08. The number of aryl methyl sites for hydroxylation is 2. The molecule has 0 bridgehead atoms. The van der Waals surface area contributed by atoms with Crippen molar-refractivity contribution in [3.05, 3.63) is 101 Å². The molecular weight excluding hydrogens is 418 g/mol. The number of carbonyl (C=O) groups is 1. The molecule has 0 aliphatic rings. The Balaban J connectivity index is 1.33. The van der Waals surface area contributed by atoms with Crippen LogP contribution in [-0.4, -0.2) is 16.0 Å². The van der Waals surface area contributed by atoms with Gasteiger partial charge in [-0.1, -0.05) is 48.5 Å². The summed E-state index contributed by atoms with van der Waals surface area (Å²) in [5.74, 6) is 0.395. The fourth-order valence-corrected chi connectivity index (χ4v) is 3.65. The zero-order valence-corrected chi connectivity index (χ0v) is 18.7. The number of thiocarbonyl (C=S) groups is 1. The van der Waals surface area contributed by atoms with Crippen molar-refractivity contribution in [3.8, 4) is 0 Å². The third-order valence-electron chi connectivity index (χ3n) is 4.90. The highest BCUT2D eigenvalue weighted by Crippen LogP contribution is 2.23. The number of oxazole rings is 1. The molecule has 3 aromatic carbocycles. The Kier molecular flexibility index (Phi) is 6.42. The number of hydrogen-bond donors (Lipinski definition) is 2. The number of hydrogen-bond acceptors (Lipinski definition) is 4. The van der Waals surface area contributed by atoms with Gasteiger partial charge in [0.1, 0.15) is 5.52 Å². The van der Waals surface area contributed by atoms with E-state index in [2.05, 4.69) is 28.6 Å². The molecule has 2 N–H and O–H groups in total. The number of nitrogens with one attached hydrogen (secondary N) is 2. The molecule has 160 valence electrons. The molecule has 0 aliphatic heterocycles. The quantitative estimate of drug-likeness (QED) is 0.313. The highest BCUT2D eigenvalue weighted by molar-refractivity contribution is 7.80. The van der Waals surface area contributed by atoms with Crippen LogP contribution in [-0.2, 0) is 11.2 Å². The van der Waals surface area contributed by atoms with E-state index in [1.165, 1.54) is 11.6 Å². The van der Waals surface area contributed by atoms with Gasteiger partial charge in [0.25, 0.3) is 0 Å². The number of amides is 1. The summed E-state index contributed by atoms with van der Waals surface area (Å²) in [7, 11) is 0. The Bertz CT molecular complexity index is 1290. The summed E-state index contributed by atoms with van der Waals surface area (Å²) in [4.78, 5) is 16.7. The van der Waals surface area contributed by atoms with Crippen molar-refractivity contribution in [2.75, 3.05) is 5.32 Å². The second-order valence-electron chi connectivity index (χ2n) is 7.60. The lowest BCUT2D eigenvalue weighted by Crippen LogP contribution is -2.32. The second kappa shape index (κ2) is 9.58. The Morgan fingerprint density at radius 1 is 1.06 bits per heavy atom. The topological polar surface area (TPSA) is 67.2 Å². The molecule has 0 radical (unpaired) electrons. The van der Waals surface area contributed by atoms with Gasteiger partial charge >= 0.3 is 0 Å². The largest absolute Gasteiger partial charge is 0.440 e. The molecule has 1 aromatic heterocycles. The van der Waals surface area contributed by atoms with Crippen molar-refractivity contribution in [2.45, 2.75) is 20.3 Å². The van der Waals surface area contributed by atoms with E-state index in [0.717, 1.165) is 33.5 Å². The van der Waals surface area contributed by atoms with Crippen molar-refractivity contribution < 1.29 is 9.21 Å². The van der Waals surface area contributed by atoms with Crippen LogP contribution >= 0.6 is 12.2 Å². The van der Waals surface area contributed by atoms with Gasteiger partial charge in [-0.2, -0.15) is 0 Å². The molecule has 6 heteroatoms. The van der Waals surface area contributed by atoms with Gasteiger partial charge in [-0.05, 0) is 72.6 Å². The van der Waals surface area contributed by atoms with Crippen molar-refractivity contribution in [1.82, 2.24) is 10.3 Å². The van der Waals surface area contributed by atoms with E-state index in [-0.39, 0.29) is 11.0 Å². The predicted molar refractivity (Wildman–Crippen MR) is 133 cm³/mol. The molecule has 5 nitrogen and oxygen atoms in total. The summed E-state index contributed by atoms with van der Waals surface area (Å²) in [5, 5.41) is 5.91. The molecule has 4 aromatic rings. The lowest BCUT2D eigenvalue weighted by molar-refractivity contribution is -0.115. The molecule has 0 aliphatic carbocycles. The zero-order chi connectivity index (χ0) is 22.5. The van der Waals surface area contributed by atoms with E-state index in [9.17, 15) is 4.79 Å². The van der Waals surface area contributed by atoms with E-state index < -0.39 is 0 Å². The maximum absolute atomic E-state index is 12.1. The summed E-state index contributed by atoms with van der Waals surface area (Å²) in [5.41, 5.74) is 6.79. The van der Waals surface area contributed by atoms with E-state index in [0.29, 0.717) is 12.3 Å². The smallest absolute Gasteiger partial charge is 0.250 e. The first-order valence-corrected chi connectivity index (χ1v) is 10.7. The molecule has 32 heavy (non-hydrogen) atoms. The third-order valence-corrected chi connectivity index (χ3v) is 5.10. The normalized spacial score (nSPS) is 11.1. The third kappa shape index (κ3) is 5.47. The fourth-order valence-electron chi connectivity index (χ4n) is 3.43. The van der Waals surface area contributed by atoms with Gasteiger partial charge in [0.2, 0.25) is 5.91 Å². The first kappa shape index (κ1) is 21.5. The molecule has 0 saturated carbocycles. The van der Waals surface area contributed by atoms with Crippen LogP contribution in [0.2, 0.25) is 0 Å². The summed E-state index contributed by atoms with van der Waals surface area (Å²) < 4.78 is 5.95. The van der Waals surface area contributed by atoms with Gasteiger partial charge in [-0.15, -0.1) is 0 Å². The summed E-state index contributed by atoms with van der Waals surface area (Å²) in [6.07, 6.45) is 3.79. The minimum atomic E-state index is -0.288. The lowest BCUT2D eigenvalue weighted by atomic mass is 10.1. The van der Waals surface area contributed by atoms with Crippen LogP contribution in [0.5, 0.6) is 0 Å². The van der Waals surface area contributed by atoms with E-state index >= 15 is 0 Å². The van der Waals surface area contributed by atoms with Crippen molar-refractivity contribution in [2.24, 2.45) is 0 Å². The summed E-state index contributed by atoms with van der Waals surface area (Å²) in [6, 6.07) is 21.5. The molecule has 1 heterocycles. The average molecular weight is 442 g/mol. The first-order valence-electron chi connectivity index (χ1n) is 10.3. The van der Waals surface area contributed by atoms with Crippen LogP contribution in [0.25, 0.3) is 17.2 Å². The van der Waals surface area contributed by atoms with E-state index in [4.69, 9.17) is 16.6 Å². The maximum atomic E-state index is 12.1. The summed E-state index contributed by atoms with van der Waals surface area (Å²) >= 11 is 5.24. The maximum Gasteiger partial charge on any atom is 0.250 e. The molecular formula is C26H23N3O2S. The first-order chi connectivity index (χ1) is 15.5. The van der Waals surface area contributed by atoms with Gasteiger partial charge in [0.15, 0.2) is 16.6 Å². The van der Waals surface area contributed by atoms with Crippen molar-refractivity contribution in [3.63, 3.8) is 0 Å². The van der Waals surface area contributed by atoms with Crippen LogP contribution < -0.4 is 10.6 Å². The van der Waals surface area contributed by atoms with Gasteiger partial charge in [-0.25, -0.2) is 4.98 Å². The predicted octanol–water partition coefficient (Wildman–Crippen LogP) is 5.56. The second-order valence-corrected chi connectivity index (χ2v) is 8.01. The Morgan fingerprint density at radius 3 is 2.56 bits per heavy atom. The van der Waals surface area contributed by atoms with Gasteiger partial charge in [0.05, 0.1) is 0 Å². The molecule has 0 atom stereocenters. The molecule has 0 saturated heterocycles. The van der Waals surface area contributed by atoms with Crippen LogP contribution in [0.3, 0.4) is 0 Å². The number of aromatic nitrogens is 1. The van der Waals surface area contributed by atoms with Gasteiger partial charge < -0.3 is 9.73 Å². The van der Waals surface area contributed by atoms with Crippen LogP contribution in [0.1, 0.15) is 28.1 Å². The van der Waals surface area contributed by atoms with Gasteiger partial charge in [-0.3, -0.25) is 10.1 Å². The molecule has 0 unspecified atom stereocenters. The SMILES string of the molecule is Cc1cc(C)c2oc(Cc3ccc(NC(=S)NC(=O)/C=C/c4ccccc4)cc3)nc2c1. The minimum absolute atomic E-state index is 0.241. The zero-order valence-electron chi connectivity index (χ0n) is 17.9. The number of anilines is 1. The highest BCUT2D eigenvalue weighted by Gasteiger charge is 2.10. The van der Waals surface area contributed by atoms with Crippen LogP contribution in [0.15, 0.2) is 77.2 Å². The standard InChI is InChI=1S/C26H23N3O2S/c1-17-14-18(2)25-22(15-17)28-24(31-25)16-20-8-11-21(12-9-20)27-26(32)29-23(30)13-10-19-6-4-3-5-7-19/h3-15H,16H2,1-2H3,(H2,27,29,30,32)/b13-10+. The minimum Gasteiger partial charge on any atom is -0.440 e. The van der Waals surface area contributed by atoms with E-state index in [1.807, 2.05) is 67.6 Å².